The van der Waals surface area contributed by atoms with Crippen molar-refractivity contribution in [3.8, 4) is 6.07 Å². The molecule has 0 spiro atoms. The first-order chi connectivity index (χ1) is 12.1. The Bertz CT molecular complexity index is 800. The Hall–Kier alpha value is -2.26. The van der Waals surface area contributed by atoms with E-state index in [9.17, 15) is 18.8 Å². The highest BCUT2D eigenvalue weighted by Gasteiger charge is 2.21. The fourth-order valence-corrected chi connectivity index (χ4v) is 4.23. The number of thiophene rings is 1. The first-order valence-electron chi connectivity index (χ1n) is 8.35. The molecule has 3 nitrogen and oxygen atoms in total. The van der Waals surface area contributed by atoms with Crippen molar-refractivity contribution in [2.45, 2.75) is 44.6 Å². The van der Waals surface area contributed by atoms with Crippen LogP contribution in [0.25, 0.3) is 0 Å². The fraction of sp³-hybridized carbons (Fsp3) is 0.368. The van der Waals surface area contributed by atoms with Gasteiger partial charge in [-0.15, -0.1) is 11.3 Å². The highest BCUT2D eigenvalue weighted by molar-refractivity contribution is 7.14. The van der Waals surface area contributed by atoms with E-state index in [1.165, 1.54) is 40.7 Å². The summed E-state index contributed by atoms with van der Waals surface area (Å²) in [4.78, 5) is 14.3. The standard InChI is InChI=1S/C19H18F2N2OS/c20-13-7-8-14(15(21)10-13)16(11-22)23-19(24)18-9-12-5-3-1-2-4-6-17(12)25-18/h7-10,16H,1-6H2,(H,23,24). The summed E-state index contributed by atoms with van der Waals surface area (Å²) in [6.45, 7) is 0. The Balaban J connectivity index is 1.78. The molecule has 1 atom stereocenters. The quantitative estimate of drug-likeness (QED) is 0.864. The van der Waals surface area contributed by atoms with Crippen molar-refractivity contribution in [2.75, 3.05) is 0 Å². The van der Waals surface area contributed by atoms with E-state index in [1.54, 1.807) is 0 Å². The number of carbonyl (C=O) groups is 1. The average Bonchev–Trinajstić information content (AvgIpc) is 2.95. The molecule has 1 unspecified atom stereocenters. The van der Waals surface area contributed by atoms with Gasteiger partial charge in [-0.3, -0.25) is 4.79 Å². The number of nitrogens with zero attached hydrogens (tertiary/aromatic N) is 1. The normalized spacial score (nSPS) is 15.4. The molecule has 25 heavy (non-hydrogen) atoms. The van der Waals surface area contributed by atoms with Crippen LogP contribution in [0.5, 0.6) is 0 Å². The van der Waals surface area contributed by atoms with Crippen molar-refractivity contribution in [3.63, 3.8) is 0 Å². The number of hydrogen-bond acceptors (Lipinski definition) is 3. The summed E-state index contributed by atoms with van der Waals surface area (Å²) in [5.74, 6) is -1.96. The lowest BCUT2D eigenvalue weighted by Gasteiger charge is -2.12. The highest BCUT2D eigenvalue weighted by Crippen LogP contribution is 2.29. The lowest BCUT2D eigenvalue weighted by Crippen LogP contribution is -2.27. The molecule has 3 rings (SSSR count). The van der Waals surface area contributed by atoms with Crippen LogP contribution in [0.4, 0.5) is 8.78 Å². The van der Waals surface area contributed by atoms with Crippen LogP contribution in [0.3, 0.4) is 0 Å². The lowest BCUT2D eigenvalue weighted by molar-refractivity contribution is 0.0948. The molecule has 6 heteroatoms. The molecule has 1 aromatic carbocycles. The maximum Gasteiger partial charge on any atom is 0.262 e. The summed E-state index contributed by atoms with van der Waals surface area (Å²) in [5.41, 5.74) is 1.17. The maximum absolute atomic E-state index is 13.9. The van der Waals surface area contributed by atoms with E-state index in [4.69, 9.17) is 0 Å². The number of nitriles is 1. The number of benzene rings is 1. The van der Waals surface area contributed by atoms with Crippen LogP contribution in [0, 0.1) is 23.0 Å². The highest BCUT2D eigenvalue weighted by atomic mass is 32.1. The molecule has 0 saturated carbocycles. The number of halogens is 2. The van der Waals surface area contributed by atoms with Crippen LogP contribution in [-0.2, 0) is 12.8 Å². The van der Waals surface area contributed by atoms with Gasteiger partial charge in [0.15, 0.2) is 0 Å². The molecular formula is C19H18F2N2OS. The van der Waals surface area contributed by atoms with E-state index in [1.807, 2.05) is 12.1 Å². The van der Waals surface area contributed by atoms with Crippen molar-refractivity contribution in [3.05, 3.63) is 56.8 Å². The molecule has 1 amide bonds. The zero-order valence-corrected chi connectivity index (χ0v) is 14.5. The SMILES string of the molecule is N#CC(NC(=O)c1cc2c(s1)CCCCCC2)c1ccc(F)cc1F. The number of hydrogen-bond donors (Lipinski definition) is 1. The molecule has 0 fully saturated rings. The van der Waals surface area contributed by atoms with Gasteiger partial charge in [0.2, 0.25) is 0 Å². The van der Waals surface area contributed by atoms with E-state index in [0.29, 0.717) is 10.9 Å². The summed E-state index contributed by atoms with van der Waals surface area (Å²) in [5, 5.41) is 11.8. The van der Waals surface area contributed by atoms with Gasteiger partial charge in [0.1, 0.15) is 17.7 Å². The summed E-state index contributed by atoms with van der Waals surface area (Å²) in [7, 11) is 0. The predicted octanol–water partition coefficient (Wildman–Crippen LogP) is 4.68. The topological polar surface area (TPSA) is 52.9 Å². The number of fused-ring (bicyclic) bond motifs is 1. The predicted molar refractivity (Wildman–Crippen MR) is 92.4 cm³/mol. The van der Waals surface area contributed by atoms with Crippen molar-refractivity contribution < 1.29 is 13.6 Å². The van der Waals surface area contributed by atoms with Gasteiger partial charge in [0.05, 0.1) is 10.9 Å². The van der Waals surface area contributed by atoms with E-state index in [2.05, 4.69) is 5.32 Å². The van der Waals surface area contributed by atoms with Gasteiger partial charge in [-0.2, -0.15) is 5.26 Å². The molecule has 1 aromatic heterocycles. The first-order valence-corrected chi connectivity index (χ1v) is 9.17. The van der Waals surface area contributed by atoms with Crippen LogP contribution >= 0.6 is 11.3 Å². The minimum absolute atomic E-state index is 0.0350. The smallest absolute Gasteiger partial charge is 0.262 e. The second-order valence-electron chi connectivity index (χ2n) is 6.17. The second-order valence-corrected chi connectivity index (χ2v) is 7.31. The third-order valence-corrected chi connectivity index (χ3v) is 5.63. The van der Waals surface area contributed by atoms with Crippen molar-refractivity contribution in [1.29, 1.82) is 5.26 Å². The van der Waals surface area contributed by atoms with Crippen LogP contribution < -0.4 is 5.32 Å². The van der Waals surface area contributed by atoms with Crippen LogP contribution in [0.1, 0.15) is 57.4 Å². The van der Waals surface area contributed by atoms with Crippen molar-refractivity contribution in [1.82, 2.24) is 5.32 Å². The van der Waals surface area contributed by atoms with Gasteiger partial charge in [0.25, 0.3) is 5.91 Å². The Morgan fingerprint density at radius 3 is 2.64 bits per heavy atom. The molecule has 0 saturated heterocycles. The maximum atomic E-state index is 13.9. The van der Waals surface area contributed by atoms with Crippen molar-refractivity contribution in [2.24, 2.45) is 0 Å². The Morgan fingerprint density at radius 2 is 1.92 bits per heavy atom. The molecule has 1 aliphatic rings. The number of nitrogens with one attached hydrogen (secondary N) is 1. The molecule has 1 heterocycles. The van der Waals surface area contributed by atoms with Gasteiger partial charge in [-0.1, -0.05) is 18.9 Å². The van der Waals surface area contributed by atoms with E-state index >= 15 is 0 Å². The van der Waals surface area contributed by atoms with Crippen molar-refractivity contribution >= 4 is 17.2 Å². The number of rotatable bonds is 3. The minimum Gasteiger partial charge on any atom is -0.332 e. The number of amides is 1. The second kappa shape index (κ2) is 7.75. The first kappa shape index (κ1) is 17.6. The van der Waals surface area contributed by atoms with Crippen LogP contribution in [-0.4, -0.2) is 5.91 Å². The van der Waals surface area contributed by atoms with Gasteiger partial charge in [-0.25, -0.2) is 8.78 Å². The van der Waals surface area contributed by atoms with Crippen LogP contribution in [0.2, 0.25) is 0 Å². The largest absolute Gasteiger partial charge is 0.332 e. The zero-order valence-electron chi connectivity index (χ0n) is 13.6. The zero-order chi connectivity index (χ0) is 17.8. The molecule has 2 aromatic rings. The molecule has 130 valence electrons. The summed E-state index contributed by atoms with van der Waals surface area (Å²) in [6.07, 6.45) is 6.59. The monoisotopic (exact) mass is 360 g/mol. The number of carbonyl (C=O) groups excluding carboxylic acids is 1. The Kier molecular flexibility index (Phi) is 5.44. The van der Waals surface area contributed by atoms with E-state index < -0.39 is 23.6 Å². The molecule has 1 N–H and O–H groups in total. The Labute approximate surface area is 149 Å². The molecular weight excluding hydrogens is 342 g/mol. The lowest BCUT2D eigenvalue weighted by atomic mass is 10.00. The molecule has 0 aliphatic heterocycles. The molecule has 0 radical (unpaired) electrons. The Morgan fingerprint density at radius 1 is 1.16 bits per heavy atom. The fourth-order valence-electron chi connectivity index (χ4n) is 3.07. The van der Waals surface area contributed by atoms with Crippen LogP contribution in [0.15, 0.2) is 24.3 Å². The third-order valence-electron chi connectivity index (χ3n) is 4.40. The number of aryl methyl sites for hydroxylation is 2. The summed E-state index contributed by atoms with van der Waals surface area (Å²) >= 11 is 1.45. The van der Waals surface area contributed by atoms with Gasteiger partial charge < -0.3 is 5.32 Å². The molecule has 1 aliphatic carbocycles. The van der Waals surface area contributed by atoms with Gasteiger partial charge in [0, 0.05) is 16.5 Å². The van der Waals surface area contributed by atoms with Gasteiger partial charge >= 0.3 is 0 Å². The minimum atomic E-state index is -1.15. The van der Waals surface area contributed by atoms with Gasteiger partial charge in [-0.05, 0) is 43.4 Å². The summed E-state index contributed by atoms with van der Waals surface area (Å²) in [6, 6.07) is 5.57. The van der Waals surface area contributed by atoms with E-state index in [0.717, 1.165) is 31.7 Å². The average molecular weight is 360 g/mol. The van der Waals surface area contributed by atoms with E-state index in [-0.39, 0.29) is 5.56 Å². The third kappa shape index (κ3) is 4.05. The summed E-state index contributed by atoms with van der Waals surface area (Å²) < 4.78 is 26.9. The molecule has 0 bridgehead atoms.